The summed E-state index contributed by atoms with van der Waals surface area (Å²) in [5.74, 6) is -1.44. The van der Waals surface area contributed by atoms with Crippen LogP contribution in [-0.4, -0.2) is 28.3 Å². The highest BCUT2D eigenvalue weighted by molar-refractivity contribution is 6.44. The Morgan fingerprint density at radius 2 is 1.72 bits per heavy atom. The second-order valence-electron chi connectivity index (χ2n) is 7.00. The van der Waals surface area contributed by atoms with Crippen LogP contribution in [0.5, 0.6) is 0 Å². The number of hydrogen-bond acceptors (Lipinski definition) is 5. The number of aryl methyl sites for hydroxylation is 1. The predicted molar refractivity (Wildman–Crippen MR) is 126 cm³/mol. The SMILES string of the molecule is CCCCCn1nc(C(=O)OCC(=O)Nc2cc(Cl)c(Cl)cc2Cl)c2ccccc2c1=O. The molecule has 1 aromatic heterocycles. The average molecular weight is 497 g/mol. The zero-order chi connectivity index (χ0) is 23.3. The van der Waals surface area contributed by atoms with Crippen molar-refractivity contribution in [3.05, 3.63) is 67.5 Å². The first-order valence-electron chi connectivity index (χ1n) is 9.93. The molecular weight excluding hydrogens is 477 g/mol. The number of benzene rings is 2. The molecule has 0 atom stereocenters. The number of carbonyl (C=O) groups excluding carboxylic acids is 2. The van der Waals surface area contributed by atoms with E-state index in [9.17, 15) is 14.4 Å². The van der Waals surface area contributed by atoms with Gasteiger partial charge in [-0.25, -0.2) is 9.48 Å². The molecule has 7 nitrogen and oxygen atoms in total. The van der Waals surface area contributed by atoms with E-state index < -0.39 is 18.5 Å². The number of amides is 1. The summed E-state index contributed by atoms with van der Waals surface area (Å²) in [7, 11) is 0. The van der Waals surface area contributed by atoms with E-state index in [-0.39, 0.29) is 32.0 Å². The Morgan fingerprint density at radius 1 is 1.03 bits per heavy atom. The van der Waals surface area contributed by atoms with E-state index in [1.54, 1.807) is 24.3 Å². The van der Waals surface area contributed by atoms with Crippen molar-refractivity contribution in [2.45, 2.75) is 32.7 Å². The molecule has 3 rings (SSSR count). The van der Waals surface area contributed by atoms with E-state index in [1.807, 2.05) is 0 Å². The van der Waals surface area contributed by atoms with Gasteiger partial charge in [-0.05, 0) is 24.6 Å². The molecule has 2 aromatic carbocycles. The fourth-order valence-corrected chi connectivity index (χ4v) is 3.65. The van der Waals surface area contributed by atoms with Gasteiger partial charge < -0.3 is 10.1 Å². The first-order valence-corrected chi connectivity index (χ1v) is 11.1. The molecule has 0 saturated heterocycles. The van der Waals surface area contributed by atoms with Crippen molar-refractivity contribution < 1.29 is 14.3 Å². The Balaban J connectivity index is 1.78. The summed E-state index contributed by atoms with van der Waals surface area (Å²) in [6.07, 6.45) is 2.66. The highest BCUT2D eigenvalue weighted by Crippen LogP contribution is 2.32. The zero-order valence-corrected chi connectivity index (χ0v) is 19.4. The van der Waals surface area contributed by atoms with Crippen molar-refractivity contribution in [3.8, 4) is 0 Å². The lowest BCUT2D eigenvalue weighted by molar-refractivity contribution is -0.119. The van der Waals surface area contributed by atoms with Gasteiger partial charge in [0.1, 0.15) is 0 Å². The van der Waals surface area contributed by atoms with Crippen LogP contribution in [0.2, 0.25) is 15.1 Å². The van der Waals surface area contributed by atoms with E-state index in [4.69, 9.17) is 39.5 Å². The summed E-state index contributed by atoms with van der Waals surface area (Å²) in [5, 5.41) is 8.09. The maximum absolute atomic E-state index is 12.7. The minimum atomic E-state index is -0.819. The second-order valence-corrected chi connectivity index (χ2v) is 8.22. The highest BCUT2D eigenvalue weighted by atomic mass is 35.5. The maximum atomic E-state index is 12.7. The zero-order valence-electron chi connectivity index (χ0n) is 17.2. The maximum Gasteiger partial charge on any atom is 0.359 e. The van der Waals surface area contributed by atoms with Gasteiger partial charge in [0.2, 0.25) is 0 Å². The number of aromatic nitrogens is 2. The Hall–Kier alpha value is -2.61. The fourth-order valence-electron chi connectivity index (χ4n) is 3.05. The number of unbranched alkanes of at least 4 members (excludes halogenated alkanes) is 2. The van der Waals surface area contributed by atoms with Crippen LogP contribution in [-0.2, 0) is 16.1 Å². The van der Waals surface area contributed by atoms with Crippen molar-refractivity contribution in [1.82, 2.24) is 9.78 Å². The Kier molecular flexibility index (Phi) is 8.12. The minimum Gasteiger partial charge on any atom is -0.451 e. The van der Waals surface area contributed by atoms with Gasteiger partial charge in [0.25, 0.3) is 11.5 Å². The van der Waals surface area contributed by atoms with Gasteiger partial charge in [-0.2, -0.15) is 5.10 Å². The van der Waals surface area contributed by atoms with Gasteiger partial charge >= 0.3 is 5.97 Å². The van der Waals surface area contributed by atoms with Crippen LogP contribution in [0.15, 0.2) is 41.2 Å². The predicted octanol–water partition coefficient (Wildman–Crippen LogP) is 5.34. The number of anilines is 1. The monoisotopic (exact) mass is 495 g/mol. The van der Waals surface area contributed by atoms with Crippen molar-refractivity contribution in [2.24, 2.45) is 0 Å². The van der Waals surface area contributed by atoms with Crippen LogP contribution < -0.4 is 10.9 Å². The van der Waals surface area contributed by atoms with E-state index in [2.05, 4.69) is 17.3 Å². The van der Waals surface area contributed by atoms with Crippen LogP contribution in [0.4, 0.5) is 5.69 Å². The van der Waals surface area contributed by atoms with E-state index in [0.29, 0.717) is 17.3 Å². The molecule has 0 unspecified atom stereocenters. The topological polar surface area (TPSA) is 90.3 Å². The standard InChI is InChI=1S/C22H20Cl3N3O4/c1-2-3-6-9-28-21(30)14-8-5-4-7-13(14)20(27-28)22(31)32-12-19(29)26-18-11-16(24)15(23)10-17(18)25/h4-5,7-8,10-11H,2-3,6,9,12H2,1H3,(H,26,29). The number of ether oxygens (including phenoxy) is 1. The molecule has 0 bridgehead atoms. The van der Waals surface area contributed by atoms with E-state index in [1.165, 1.54) is 16.8 Å². The first kappa shape index (κ1) is 24.0. The molecule has 0 aliphatic rings. The van der Waals surface area contributed by atoms with Crippen molar-refractivity contribution in [1.29, 1.82) is 0 Å². The van der Waals surface area contributed by atoms with Gasteiger partial charge in [-0.1, -0.05) is 72.8 Å². The summed E-state index contributed by atoms with van der Waals surface area (Å²) in [6.45, 7) is 1.85. The number of hydrogen-bond donors (Lipinski definition) is 1. The molecule has 0 radical (unpaired) electrons. The summed E-state index contributed by atoms with van der Waals surface area (Å²) in [4.78, 5) is 37.7. The molecule has 168 valence electrons. The molecule has 0 aliphatic carbocycles. The second kappa shape index (κ2) is 10.8. The fraction of sp³-hybridized carbons (Fsp3) is 0.273. The normalized spacial score (nSPS) is 10.9. The lowest BCUT2D eigenvalue weighted by Gasteiger charge is -2.11. The van der Waals surface area contributed by atoms with Crippen LogP contribution in [0.3, 0.4) is 0 Å². The van der Waals surface area contributed by atoms with E-state index >= 15 is 0 Å². The molecule has 0 saturated carbocycles. The summed E-state index contributed by atoms with van der Waals surface area (Å²) < 4.78 is 6.42. The van der Waals surface area contributed by atoms with Crippen LogP contribution in [0.25, 0.3) is 10.8 Å². The molecule has 1 heterocycles. The summed E-state index contributed by atoms with van der Waals surface area (Å²) >= 11 is 17.9. The number of halogens is 3. The van der Waals surface area contributed by atoms with Gasteiger partial charge in [-0.15, -0.1) is 0 Å². The molecule has 0 spiro atoms. The number of nitrogens with zero attached hydrogens (tertiary/aromatic N) is 2. The third-order valence-corrected chi connectivity index (χ3v) is 5.69. The summed E-state index contributed by atoms with van der Waals surface area (Å²) in [6, 6.07) is 9.44. The van der Waals surface area contributed by atoms with Gasteiger partial charge in [0, 0.05) is 11.9 Å². The Bertz CT molecular complexity index is 1230. The number of nitrogens with one attached hydrogen (secondary N) is 1. The van der Waals surface area contributed by atoms with Crippen LogP contribution in [0.1, 0.15) is 36.7 Å². The number of carbonyl (C=O) groups is 2. The molecule has 1 amide bonds. The quantitative estimate of drug-likeness (QED) is 0.258. The Labute approximate surface area is 199 Å². The van der Waals surface area contributed by atoms with Gasteiger partial charge in [-0.3, -0.25) is 9.59 Å². The molecule has 3 aromatic rings. The number of esters is 1. The molecule has 1 N–H and O–H groups in total. The molecule has 0 fully saturated rings. The molecule has 32 heavy (non-hydrogen) atoms. The van der Waals surface area contributed by atoms with E-state index in [0.717, 1.165) is 19.3 Å². The third-order valence-electron chi connectivity index (χ3n) is 4.65. The molecule has 10 heteroatoms. The lowest BCUT2D eigenvalue weighted by atomic mass is 10.1. The molecule has 0 aliphatic heterocycles. The lowest BCUT2D eigenvalue weighted by Crippen LogP contribution is -2.28. The van der Waals surface area contributed by atoms with Crippen LogP contribution in [0, 0.1) is 0 Å². The average Bonchev–Trinajstić information content (AvgIpc) is 2.77. The number of fused-ring (bicyclic) bond motifs is 1. The molecular formula is C22H20Cl3N3O4. The smallest absolute Gasteiger partial charge is 0.359 e. The van der Waals surface area contributed by atoms with Crippen LogP contribution >= 0.6 is 34.8 Å². The van der Waals surface area contributed by atoms with Crippen molar-refractivity contribution in [2.75, 3.05) is 11.9 Å². The number of rotatable bonds is 8. The summed E-state index contributed by atoms with van der Waals surface area (Å²) in [5.41, 5.74) is -0.0764. The third kappa shape index (κ3) is 5.59. The van der Waals surface area contributed by atoms with Gasteiger partial charge in [0.05, 0.1) is 26.1 Å². The minimum absolute atomic E-state index is 0.0305. The van der Waals surface area contributed by atoms with Crippen molar-refractivity contribution in [3.63, 3.8) is 0 Å². The van der Waals surface area contributed by atoms with Crippen molar-refractivity contribution >= 4 is 63.1 Å². The first-order chi connectivity index (χ1) is 15.3. The largest absolute Gasteiger partial charge is 0.451 e. The Morgan fingerprint density at radius 3 is 2.44 bits per heavy atom. The highest BCUT2D eigenvalue weighted by Gasteiger charge is 2.19. The van der Waals surface area contributed by atoms with Gasteiger partial charge in [0.15, 0.2) is 12.3 Å².